The van der Waals surface area contributed by atoms with Crippen molar-refractivity contribution in [3.05, 3.63) is 48.0 Å². The van der Waals surface area contributed by atoms with E-state index < -0.39 is 5.97 Å². The molecule has 8 heteroatoms. The second-order valence-electron chi connectivity index (χ2n) is 4.67. The van der Waals surface area contributed by atoms with E-state index in [0.29, 0.717) is 10.9 Å². The summed E-state index contributed by atoms with van der Waals surface area (Å²) in [6, 6.07) is 11.6. The molecule has 0 unspecified atom stereocenters. The summed E-state index contributed by atoms with van der Waals surface area (Å²) in [6.45, 7) is 0. The minimum atomic E-state index is -1.09. The Bertz CT molecular complexity index is 920. The van der Waals surface area contributed by atoms with Crippen LogP contribution in [0, 0.1) is 0 Å². The molecule has 0 fully saturated rings. The molecule has 5 N–H and O–H groups in total. The SMILES string of the molecule is NSc1ccc2[nH]c(O)c(N=Nc3ccccc3C(=O)O)c2c1. The van der Waals surface area contributed by atoms with Gasteiger partial charge in [0.25, 0.3) is 0 Å². The number of fused-ring (bicyclic) bond motifs is 1. The van der Waals surface area contributed by atoms with E-state index in [9.17, 15) is 9.90 Å². The van der Waals surface area contributed by atoms with Crippen molar-refractivity contribution in [2.75, 3.05) is 0 Å². The third-order valence-corrected chi connectivity index (χ3v) is 3.78. The summed E-state index contributed by atoms with van der Waals surface area (Å²) in [4.78, 5) is 14.8. The molecule has 0 aliphatic heterocycles. The summed E-state index contributed by atoms with van der Waals surface area (Å²) in [5, 5.41) is 33.3. The minimum absolute atomic E-state index is 0.0359. The minimum Gasteiger partial charge on any atom is -0.493 e. The number of nitrogens with one attached hydrogen (secondary N) is 1. The first-order valence-corrected chi connectivity index (χ1v) is 7.43. The summed E-state index contributed by atoms with van der Waals surface area (Å²) < 4.78 is 0. The normalized spacial score (nSPS) is 11.3. The Labute approximate surface area is 135 Å². The number of benzene rings is 2. The molecule has 23 heavy (non-hydrogen) atoms. The Morgan fingerprint density at radius 2 is 1.96 bits per heavy atom. The topological polar surface area (TPSA) is 124 Å². The maximum Gasteiger partial charge on any atom is 0.337 e. The zero-order valence-corrected chi connectivity index (χ0v) is 12.5. The quantitative estimate of drug-likeness (QED) is 0.426. The molecule has 0 bridgehead atoms. The Balaban J connectivity index is 2.08. The first-order chi connectivity index (χ1) is 11.1. The standard InChI is InChI=1S/C15H12N4O3S/c16-23-8-5-6-11-10(7-8)13(14(20)17-11)19-18-12-4-2-1-3-9(12)15(21)22/h1-7,17,20H,16H2,(H,21,22). The molecule has 2 aromatic carbocycles. The lowest BCUT2D eigenvalue weighted by atomic mass is 10.2. The van der Waals surface area contributed by atoms with E-state index in [1.54, 1.807) is 30.3 Å². The van der Waals surface area contributed by atoms with Crippen LogP contribution in [-0.4, -0.2) is 21.2 Å². The van der Waals surface area contributed by atoms with Gasteiger partial charge >= 0.3 is 5.97 Å². The zero-order valence-electron chi connectivity index (χ0n) is 11.7. The van der Waals surface area contributed by atoms with Gasteiger partial charge in [-0.25, -0.2) is 4.79 Å². The first kappa shape index (κ1) is 15.1. The fourth-order valence-corrected chi connectivity index (χ4v) is 2.50. The van der Waals surface area contributed by atoms with Gasteiger partial charge in [0.2, 0.25) is 5.88 Å². The number of carboxylic acid groups (broad SMARTS) is 1. The number of nitrogens with zero attached hydrogens (tertiary/aromatic N) is 2. The smallest absolute Gasteiger partial charge is 0.337 e. The number of H-pyrrole nitrogens is 1. The molecule has 1 heterocycles. The molecule has 0 aliphatic carbocycles. The second-order valence-corrected chi connectivity index (χ2v) is 5.38. The lowest BCUT2D eigenvalue weighted by molar-refractivity contribution is 0.0697. The van der Waals surface area contributed by atoms with Crippen LogP contribution in [0.3, 0.4) is 0 Å². The van der Waals surface area contributed by atoms with Gasteiger partial charge in [0.05, 0.1) is 11.1 Å². The first-order valence-electron chi connectivity index (χ1n) is 6.55. The van der Waals surface area contributed by atoms with Crippen LogP contribution in [0.5, 0.6) is 5.88 Å². The summed E-state index contributed by atoms with van der Waals surface area (Å²) in [5.41, 5.74) is 1.16. The number of rotatable bonds is 4. The summed E-state index contributed by atoms with van der Waals surface area (Å²) in [6.07, 6.45) is 0. The number of hydrogen-bond donors (Lipinski definition) is 4. The van der Waals surface area contributed by atoms with Gasteiger partial charge in [-0.2, -0.15) is 0 Å². The summed E-state index contributed by atoms with van der Waals surface area (Å²) in [5.74, 6) is -1.24. The molecule has 0 radical (unpaired) electrons. The molecule has 0 amide bonds. The lowest BCUT2D eigenvalue weighted by Gasteiger charge is -1.99. The van der Waals surface area contributed by atoms with Crippen molar-refractivity contribution in [1.82, 2.24) is 4.98 Å². The van der Waals surface area contributed by atoms with E-state index in [1.165, 1.54) is 6.07 Å². The van der Waals surface area contributed by atoms with Crippen LogP contribution in [0.4, 0.5) is 11.4 Å². The number of hydrogen-bond acceptors (Lipinski definition) is 6. The Morgan fingerprint density at radius 1 is 1.17 bits per heavy atom. The number of aromatic nitrogens is 1. The van der Waals surface area contributed by atoms with Crippen LogP contribution >= 0.6 is 11.9 Å². The van der Waals surface area contributed by atoms with Crippen molar-refractivity contribution < 1.29 is 15.0 Å². The summed E-state index contributed by atoms with van der Waals surface area (Å²) >= 11 is 1.08. The van der Waals surface area contributed by atoms with Crippen molar-refractivity contribution in [3.63, 3.8) is 0 Å². The van der Waals surface area contributed by atoms with Gasteiger partial charge in [0.15, 0.2) is 5.69 Å². The molecule has 3 aromatic rings. The maximum absolute atomic E-state index is 11.2. The van der Waals surface area contributed by atoms with Crippen LogP contribution in [0.25, 0.3) is 10.9 Å². The predicted molar refractivity (Wildman–Crippen MR) is 87.6 cm³/mol. The molecule has 1 aromatic heterocycles. The second kappa shape index (κ2) is 6.11. The lowest BCUT2D eigenvalue weighted by Crippen LogP contribution is -1.95. The number of aromatic hydroxyl groups is 1. The molecule has 7 nitrogen and oxygen atoms in total. The van der Waals surface area contributed by atoms with E-state index in [2.05, 4.69) is 15.2 Å². The van der Waals surface area contributed by atoms with Gasteiger partial charge < -0.3 is 15.2 Å². The molecular weight excluding hydrogens is 316 g/mol. The number of carboxylic acids is 1. The van der Waals surface area contributed by atoms with Crippen LogP contribution in [-0.2, 0) is 0 Å². The Kier molecular flexibility index (Phi) is 4.00. The molecule has 3 rings (SSSR count). The van der Waals surface area contributed by atoms with Gasteiger partial charge in [-0.15, -0.1) is 10.2 Å². The fraction of sp³-hybridized carbons (Fsp3) is 0. The number of azo groups is 1. The van der Waals surface area contributed by atoms with E-state index >= 15 is 0 Å². The Hall–Kier alpha value is -2.84. The third kappa shape index (κ3) is 2.89. The van der Waals surface area contributed by atoms with Crippen molar-refractivity contribution in [2.45, 2.75) is 4.90 Å². The van der Waals surface area contributed by atoms with E-state index in [0.717, 1.165) is 16.8 Å². The van der Waals surface area contributed by atoms with Gasteiger partial charge in [0, 0.05) is 10.3 Å². The average Bonchev–Trinajstić information content (AvgIpc) is 2.87. The van der Waals surface area contributed by atoms with Gasteiger partial charge in [-0.1, -0.05) is 12.1 Å². The van der Waals surface area contributed by atoms with Crippen molar-refractivity contribution in [1.29, 1.82) is 0 Å². The summed E-state index contributed by atoms with van der Waals surface area (Å²) in [7, 11) is 0. The molecule has 0 spiro atoms. The average molecular weight is 328 g/mol. The molecule has 116 valence electrons. The number of carbonyl (C=O) groups is 1. The predicted octanol–water partition coefficient (Wildman–Crippen LogP) is 3.95. The van der Waals surface area contributed by atoms with Gasteiger partial charge in [-0.05, 0) is 42.3 Å². The van der Waals surface area contributed by atoms with Crippen LogP contribution in [0.15, 0.2) is 57.6 Å². The largest absolute Gasteiger partial charge is 0.493 e. The van der Waals surface area contributed by atoms with Crippen LogP contribution < -0.4 is 5.14 Å². The number of aromatic carboxylic acids is 1. The van der Waals surface area contributed by atoms with Crippen molar-refractivity contribution >= 4 is 40.2 Å². The van der Waals surface area contributed by atoms with Crippen LogP contribution in [0.2, 0.25) is 0 Å². The number of aromatic amines is 1. The highest BCUT2D eigenvalue weighted by Crippen LogP contribution is 2.38. The fourth-order valence-electron chi connectivity index (χ4n) is 2.16. The van der Waals surface area contributed by atoms with Crippen molar-refractivity contribution in [3.8, 4) is 5.88 Å². The van der Waals surface area contributed by atoms with Crippen LogP contribution in [0.1, 0.15) is 10.4 Å². The highest BCUT2D eigenvalue weighted by molar-refractivity contribution is 7.97. The monoisotopic (exact) mass is 328 g/mol. The Morgan fingerprint density at radius 3 is 2.70 bits per heavy atom. The molecule has 0 saturated heterocycles. The van der Waals surface area contributed by atoms with Crippen molar-refractivity contribution in [2.24, 2.45) is 15.4 Å². The third-order valence-electron chi connectivity index (χ3n) is 3.25. The van der Waals surface area contributed by atoms with Gasteiger partial charge in [0.1, 0.15) is 5.69 Å². The van der Waals surface area contributed by atoms with E-state index in [4.69, 9.17) is 10.2 Å². The molecule has 0 aliphatic rings. The highest BCUT2D eigenvalue weighted by Gasteiger charge is 2.12. The highest BCUT2D eigenvalue weighted by atomic mass is 32.2. The zero-order chi connectivity index (χ0) is 16.4. The van der Waals surface area contributed by atoms with E-state index in [1.807, 2.05) is 6.07 Å². The number of nitrogens with two attached hydrogens (primary N) is 1. The molecule has 0 saturated carbocycles. The van der Waals surface area contributed by atoms with Gasteiger partial charge in [-0.3, -0.25) is 5.14 Å². The molecular formula is C15H12N4O3S. The maximum atomic E-state index is 11.2. The van der Waals surface area contributed by atoms with E-state index in [-0.39, 0.29) is 22.8 Å². The molecule has 0 atom stereocenters.